The standard InChI is InChI=1S/C30H39Si.C9H13.3ClH.Ti/c1-7-22-13-23(8-2)17-28(16-22)31(29-18-24(9-3)14-25(10-4)19-29)30-20-26(11-5)15-27(12-6)21-30;1-6-5-7(2)9(4)8(6)3;;;;/h13-21H,7-12H2,1-6H3;6H,1-4H3;3*1H;/q;;;;;+3/p-3. The van der Waals surface area contributed by atoms with Gasteiger partial charge in [-0.25, -0.2) is 0 Å². The van der Waals surface area contributed by atoms with Crippen molar-refractivity contribution in [1.82, 2.24) is 0 Å². The van der Waals surface area contributed by atoms with Crippen LogP contribution < -0.4 is 52.8 Å². The molecule has 237 valence electrons. The normalized spacial score (nSPS) is 14.5. The van der Waals surface area contributed by atoms with Crippen molar-refractivity contribution in [2.24, 2.45) is 5.92 Å². The first-order chi connectivity index (χ1) is 19.6. The largest absolute Gasteiger partial charge is 1.00 e. The second kappa shape index (κ2) is 17.7. The molecule has 0 nitrogen and oxygen atoms in total. The summed E-state index contributed by atoms with van der Waals surface area (Å²) in [5.41, 5.74) is 13.8. The molecule has 44 heavy (non-hydrogen) atoms. The van der Waals surface area contributed by atoms with Gasteiger partial charge >= 0.3 is 262 Å². The van der Waals surface area contributed by atoms with Crippen LogP contribution in [0.5, 0.6) is 0 Å². The predicted octanol–water partition coefficient (Wildman–Crippen LogP) is -0.617. The first-order valence-electron chi connectivity index (χ1n) is 16.2. The molecule has 1 atom stereocenters. The summed E-state index contributed by atoms with van der Waals surface area (Å²) in [6.45, 7) is 23.7. The van der Waals surface area contributed by atoms with Crippen LogP contribution in [0, 0.1) is 5.92 Å². The molecule has 0 amide bonds. The Balaban J connectivity index is 0.00000323. The smallest absolute Gasteiger partial charge is 1.00 e. The van der Waals surface area contributed by atoms with Gasteiger partial charge in [0.25, 0.3) is 0 Å². The molecule has 0 radical (unpaired) electrons. The average Bonchev–Trinajstić information content (AvgIpc) is 3.19. The quantitative estimate of drug-likeness (QED) is 0.185. The summed E-state index contributed by atoms with van der Waals surface area (Å²) in [4.78, 5) is 0. The van der Waals surface area contributed by atoms with Crippen molar-refractivity contribution in [3.8, 4) is 0 Å². The molecule has 3 aromatic carbocycles. The first kappa shape index (κ1) is 41.0. The summed E-state index contributed by atoms with van der Waals surface area (Å²) >= 11 is -0.536. The Bertz CT molecular complexity index is 1290. The number of aryl methyl sites for hydroxylation is 6. The maximum absolute atomic E-state index is 2.64. The molecular weight excluding hydrogens is 651 g/mol. The van der Waals surface area contributed by atoms with E-state index in [1.165, 1.54) is 33.4 Å². The molecule has 1 unspecified atom stereocenters. The fraction of sp³-hybridized carbons (Fsp3) is 0.436. The number of hydrogen-bond donors (Lipinski definition) is 0. The monoisotopic (exact) mass is 701 g/mol. The van der Waals surface area contributed by atoms with Crippen LogP contribution in [0.25, 0.3) is 0 Å². The van der Waals surface area contributed by atoms with Crippen LogP contribution in [-0.4, -0.2) is 5.94 Å². The van der Waals surface area contributed by atoms with Crippen molar-refractivity contribution < 1.29 is 55.6 Å². The number of rotatable bonds is 11. The van der Waals surface area contributed by atoms with Crippen LogP contribution in [-0.2, 0) is 56.9 Å². The van der Waals surface area contributed by atoms with E-state index < -0.39 is 24.3 Å². The molecule has 0 spiro atoms. The summed E-state index contributed by atoms with van der Waals surface area (Å²) in [6, 6.07) is 23.3. The van der Waals surface area contributed by atoms with Gasteiger partial charge in [0, 0.05) is 0 Å². The van der Waals surface area contributed by atoms with Gasteiger partial charge in [0.2, 0.25) is 0 Å². The van der Waals surface area contributed by atoms with Gasteiger partial charge in [-0.15, -0.1) is 0 Å². The molecule has 5 heteroatoms. The van der Waals surface area contributed by atoms with Gasteiger partial charge in [0.1, 0.15) is 0 Å². The molecule has 0 fully saturated rings. The Labute approximate surface area is 297 Å². The van der Waals surface area contributed by atoms with E-state index in [2.05, 4.69) is 124 Å². The van der Waals surface area contributed by atoms with Gasteiger partial charge in [-0.2, -0.15) is 0 Å². The molecule has 1 aliphatic carbocycles. The van der Waals surface area contributed by atoms with Gasteiger partial charge in [0.15, 0.2) is 0 Å². The molecule has 0 bridgehead atoms. The van der Waals surface area contributed by atoms with Gasteiger partial charge in [-0.1, -0.05) is 0 Å². The summed E-state index contributed by atoms with van der Waals surface area (Å²) in [6.07, 6.45) is 6.55. The Morgan fingerprint density at radius 1 is 0.477 bits per heavy atom. The Morgan fingerprint density at radius 2 is 0.750 bits per heavy atom. The van der Waals surface area contributed by atoms with E-state index in [1.54, 1.807) is 36.2 Å². The fourth-order valence-electron chi connectivity index (χ4n) is 6.65. The van der Waals surface area contributed by atoms with Crippen molar-refractivity contribution >= 4 is 21.5 Å². The molecule has 0 aliphatic heterocycles. The minimum Gasteiger partial charge on any atom is -1.00 e. The van der Waals surface area contributed by atoms with E-state index in [-0.39, 0.29) is 37.2 Å². The molecule has 0 N–H and O–H groups in total. The Kier molecular flexibility index (Phi) is 16.5. The molecule has 0 saturated heterocycles. The minimum atomic E-state index is -2.38. The number of benzene rings is 3. The molecule has 1 aliphatic rings. The summed E-state index contributed by atoms with van der Waals surface area (Å²) in [7, 11) is 0. The van der Waals surface area contributed by atoms with Crippen LogP contribution in [0.1, 0.15) is 103 Å². The molecule has 0 saturated carbocycles. The molecule has 3 aromatic rings. The van der Waals surface area contributed by atoms with Crippen molar-refractivity contribution in [3.05, 3.63) is 109 Å². The van der Waals surface area contributed by atoms with Crippen molar-refractivity contribution in [1.29, 1.82) is 0 Å². The SMILES string of the molecule is CCc1cc(CC)cc([Si]([Ti+3][C]2=C(C)C(C)=C(C)C2C)(c2cc(CC)cc(CC)c2)c2cc(CC)cc(CC)c2)c1.[Cl-].[Cl-].[Cl-]. The summed E-state index contributed by atoms with van der Waals surface area (Å²) in [5.74, 6) is -1.82. The molecule has 0 aromatic heterocycles. The Morgan fingerprint density at radius 3 is 0.955 bits per heavy atom. The average molecular weight is 703 g/mol. The topological polar surface area (TPSA) is 0 Å². The third-order valence-electron chi connectivity index (χ3n) is 9.87. The minimum absolute atomic E-state index is 0. The van der Waals surface area contributed by atoms with E-state index in [9.17, 15) is 0 Å². The van der Waals surface area contributed by atoms with E-state index in [0.717, 1.165) is 38.5 Å². The summed E-state index contributed by atoms with van der Waals surface area (Å²) in [5, 5.41) is 4.98. The number of hydrogen-bond acceptors (Lipinski definition) is 0. The molecule has 4 rings (SSSR count). The van der Waals surface area contributed by atoms with Crippen LogP contribution in [0.3, 0.4) is 0 Å². The Hall–Kier alpha value is -1.06. The zero-order valence-electron chi connectivity index (χ0n) is 28.7. The molecule has 0 heterocycles. The van der Waals surface area contributed by atoms with E-state index in [0.29, 0.717) is 5.92 Å². The number of halogens is 3. The fourth-order valence-corrected chi connectivity index (χ4v) is 19.8. The second-order valence-electron chi connectivity index (χ2n) is 12.2. The third-order valence-corrected chi connectivity index (χ3v) is 22.3. The van der Waals surface area contributed by atoms with Crippen LogP contribution in [0.15, 0.2) is 75.2 Å². The van der Waals surface area contributed by atoms with Crippen molar-refractivity contribution in [2.75, 3.05) is 0 Å². The van der Waals surface area contributed by atoms with Gasteiger partial charge in [-0.05, 0) is 0 Å². The van der Waals surface area contributed by atoms with Crippen LogP contribution in [0.4, 0.5) is 0 Å². The predicted molar refractivity (Wildman–Crippen MR) is 180 cm³/mol. The maximum Gasteiger partial charge on any atom is -1.00 e. The van der Waals surface area contributed by atoms with Gasteiger partial charge in [-0.3, -0.25) is 0 Å². The van der Waals surface area contributed by atoms with Gasteiger partial charge in [0.05, 0.1) is 0 Å². The van der Waals surface area contributed by atoms with E-state index >= 15 is 0 Å². The zero-order chi connectivity index (χ0) is 29.9. The van der Waals surface area contributed by atoms with Crippen molar-refractivity contribution in [2.45, 2.75) is 108 Å². The van der Waals surface area contributed by atoms with Crippen molar-refractivity contribution in [3.63, 3.8) is 0 Å². The maximum atomic E-state index is 2.64. The third kappa shape index (κ3) is 8.07. The van der Waals surface area contributed by atoms with Crippen LogP contribution in [0.2, 0.25) is 0 Å². The van der Waals surface area contributed by atoms with Crippen LogP contribution >= 0.6 is 0 Å². The summed E-state index contributed by atoms with van der Waals surface area (Å²) < 4.78 is 1.80. The van der Waals surface area contributed by atoms with E-state index in [1.807, 2.05) is 0 Å². The second-order valence-corrected chi connectivity index (χ2v) is 21.2. The van der Waals surface area contributed by atoms with E-state index in [4.69, 9.17) is 0 Å². The number of allylic oxidation sites excluding steroid dienone is 4. The first-order valence-corrected chi connectivity index (χ1v) is 21.3. The molecular formula is C39H52Cl3SiTi. The van der Waals surface area contributed by atoms with Gasteiger partial charge < -0.3 is 37.2 Å². The zero-order valence-corrected chi connectivity index (χ0v) is 33.5.